The van der Waals surface area contributed by atoms with E-state index in [0.29, 0.717) is 27.6 Å². The summed E-state index contributed by atoms with van der Waals surface area (Å²) in [4.78, 5) is 15.9. The minimum absolute atomic E-state index is 0.0986. The lowest BCUT2D eigenvalue weighted by Gasteiger charge is -2.01. The zero-order valence-electron chi connectivity index (χ0n) is 10.2. The summed E-state index contributed by atoms with van der Waals surface area (Å²) in [6, 6.07) is 10.1. The van der Waals surface area contributed by atoms with Gasteiger partial charge in [-0.1, -0.05) is 23.7 Å². The van der Waals surface area contributed by atoms with Crippen LogP contribution in [0.5, 0.6) is 0 Å². The molecule has 2 heterocycles. The molecular formula is C14H10ClN3O2. The molecule has 0 saturated carbocycles. The van der Waals surface area contributed by atoms with Gasteiger partial charge in [0.15, 0.2) is 5.69 Å². The number of anilines is 1. The first-order chi connectivity index (χ1) is 9.56. The van der Waals surface area contributed by atoms with Crippen LogP contribution in [0.1, 0.15) is 10.5 Å². The summed E-state index contributed by atoms with van der Waals surface area (Å²) in [6.45, 7) is 0. The molecule has 0 aliphatic heterocycles. The summed E-state index contributed by atoms with van der Waals surface area (Å²) in [5.41, 5.74) is 7.91. The molecule has 0 atom stereocenters. The molecule has 0 amide bonds. The van der Waals surface area contributed by atoms with E-state index in [2.05, 4.69) is 4.98 Å². The van der Waals surface area contributed by atoms with Crippen LogP contribution < -0.4 is 5.73 Å². The predicted octanol–water partition coefficient (Wildman–Crippen LogP) is 2.94. The molecule has 3 rings (SSSR count). The van der Waals surface area contributed by atoms with Gasteiger partial charge in [-0.05, 0) is 18.2 Å². The molecule has 0 spiro atoms. The molecule has 0 fully saturated rings. The topological polar surface area (TPSA) is 80.6 Å². The number of hydrogen-bond donors (Lipinski definition) is 2. The van der Waals surface area contributed by atoms with Gasteiger partial charge >= 0.3 is 5.97 Å². The molecule has 0 unspecified atom stereocenters. The highest BCUT2D eigenvalue weighted by molar-refractivity contribution is 6.30. The summed E-state index contributed by atoms with van der Waals surface area (Å²) in [5.74, 6) is -1.05. The van der Waals surface area contributed by atoms with Crippen LogP contribution in [0.3, 0.4) is 0 Å². The molecule has 5 nitrogen and oxygen atoms in total. The van der Waals surface area contributed by atoms with Crippen LogP contribution in [0, 0.1) is 0 Å². The Kier molecular flexibility index (Phi) is 2.84. The molecule has 0 radical (unpaired) electrons. The third-order valence-electron chi connectivity index (χ3n) is 2.97. The Morgan fingerprint density at radius 3 is 2.60 bits per heavy atom. The second-order valence-electron chi connectivity index (χ2n) is 4.31. The molecule has 0 aliphatic carbocycles. The first-order valence-electron chi connectivity index (χ1n) is 5.83. The van der Waals surface area contributed by atoms with Crippen LogP contribution in [0.25, 0.3) is 16.9 Å². The average Bonchev–Trinajstić information content (AvgIpc) is 2.77. The maximum atomic E-state index is 11.5. The Labute approximate surface area is 119 Å². The second kappa shape index (κ2) is 4.54. The number of imidazole rings is 1. The van der Waals surface area contributed by atoms with Crippen molar-refractivity contribution in [1.29, 1.82) is 0 Å². The van der Waals surface area contributed by atoms with E-state index < -0.39 is 5.97 Å². The summed E-state index contributed by atoms with van der Waals surface area (Å²) >= 11 is 5.91. The molecule has 2 aromatic heterocycles. The van der Waals surface area contributed by atoms with Crippen molar-refractivity contribution >= 4 is 28.9 Å². The Morgan fingerprint density at radius 2 is 1.95 bits per heavy atom. The van der Waals surface area contributed by atoms with Crippen LogP contribution in [0.4, 0.5) is 5.69 Å². The molecule has 0 aliphatic rings. The van der Waals surface area contributed by atoms with Gasteiger partial charge in [-0.25, -0.2) is 9.78 Å². The number of carbonyl (C=O) groups is 1. The Hall–Kier alpha value is -2.53. The van der Waals surface area contributed by atoms with Crippen LogP contribution >= 0.6 is 11.6 Å². The van der Waals surface area contributed by atoms with E-state index in [1.807, 2.05) is 0 Å². The molecular weight excluding hydrogens is 278 g/mol. The zero-order valence-corrected chi connectivity index (χ0v) is 11.0. The van der Waals surface area contributed by atoms with E-state index in [4.69, 9.17) is 17.3 Å². The quantitative estimate of drug-likeness (QED) is 0.710. The Morgan fingerprint density at radius 1 is 1.25 bits per heavy atom. The van der Waals surface area contributed by atoms with Crippen LogP contribution in [0.15, 0.2) is 42.6 Å². The first-order valence-corrected chi connectivity index (χ1v) is 6.21. The van der Waals surface area contributed by atoms with E-state index in [1.54, 1.807) is 42.6 Å². The number of hydrogen-bond acceptors (Lipinski definition) is 3. The fourth-order valence-electron chi connectivity index (χ4n) is 2.07. The number of nitrogen functional groups attached to an aromatic ring is 1. The van der Waals surface area contributed by atoms with Crippen molar-refractivity contribution in [3.8, 4) is 11.3 Å². The van der Waals surface area contributed by atoms with Crippen LogP contribution in [0.2, 0.25) is 5.02 Å². The lowest BCUT2D eigenvalue weighted by Crippen LogP contribution is -2.03. The van der Waals surface area contributed by atoms with Gasteiger partial charge in [-0.2, -0.15) is 0 Å². The molecule has 3 aromatic rings. The van der Waals surface area contributed by atoms with Gasteiger partial charge in [0.05, 0.1) is 0 Å². The minimum Gasteiger partial charge on any atom is -0.476 e. The van der Waals surface area contributed by atoms with Crippen molar-refractivity contribution in [2.45, 2.75) is 0 Å². The molecule has 0 saturated heterocycles. The molecule has 20 heavy (non-hydrogen) atoms. The highest BCUT2D eigenvalue weighted by atomic mass is 35.5. The summed E-state index contributed by atoms with van der Waals surface area (Å²) in [6.07, 6.45) is 1.59. The number of benzene rings is 1. The monoisotopic (exact) mass is 287 g/mol. The number of pyridine rings is 1. The smallest absolute Gasteiger partial charge is 0.355 e. The number of aromatic carboxylic acids is 1. The van der Waals surface area contributed by atoms with E-state index in [1.165, 1.54) is 4.40 Å². The number of fused-ring (bicyclic) bond motifs is 1. The SMILES string of the molecule is Nc1ccc(-c2nc3cc(Cl)ccn3c2C(=O)O)cc1. The molecule has 100 valence electrons. The molecule has 3 N–H and O–H groups in total. The average molecular weight is 288 g/mol. The third kappa shape index (κ3) is 1.98. The van der Waals surface area contributed by atoms with Gasteiger partial charge in [0.25, 0.3) is 0 Å². The fourth-order valence-corrected chi connectivity index (χ4v) is 2.22. The number of halogens is 1. The molecule has 0 bridgehead atoms. The number of carboxylic acids is 1. The minimum atomic E-state index is -1.05. The molecule has 1 aromatic carbocycles. The van der Waals surface area contributed by atoms with E-state index in [-0.39, 0.29) is 5.69 Å². The number of carboxylic acid groups (broad SMARTS) is 1. The van der Waals surface area contributed by atoms with Gasteiger partial charge in [-0.15, -0.1) is 0 Å². The first kappa shape index (κ1) is 12.5. The predicted molar refractivity (Wildman–Crippen MR) is 77.0 cm³/mol. The van der Waals surface area contributed by atoms with Gasteiger partial charge in [0.2, 0.25) is 0 Å². The lowest BCUT2D eigenvalue weighted by atomic mass is 10.1. The lowest BCUT2D eigenvalue weighted by molar-refractivity contribution is 0.0690. The third-order valence-corrected chi connectivity index (χ3v) is 3.21. The number of nitrogens with two attached hydrogens (primary N) is 1. The van der Waals surface area contributed by atoms with E-state index in [0.717, 1.165) is 0 Å². The van der Waals surface area contributed by atoms with Gasteiger partial charge in [0, 0.05) is 28.5 Å². The standard InChI is InChI=1S/C14H10ClN3O2/c15-9-5-6-18-11(7-9)17-12(13(18)14(19)20)8-1-3-10(16)4-2-8/h1-7H,16H2,(H,19,20). The van der Waals surface area contributed by atoms with E-state index in [9.17, 15) is 9.90 Å². The highest BCUT2D eigenvalue weighted by Gasteiger charge is 2.19. The van der Waals surface area contributed by atoms with Crippen molar-refractivity contribution in [2.24, 2.45) is 0 Å². The van der Waals surface area contributed by atoms with Gasteiger partial charge in [0.1, 0.15) is 11.3 Å². The van der Waals surface area contributed by atoms with Gasteiger partial charge in [-0.3, -0.25) is 4.40 Å². The summed E-state index contributed by atoms with van der Waals surface area (Å²) < 4.78 is 1.50. The fraction of sp³-hybridized carbons (Fsp3) is 0. The number of aromatic nitrogens is 2. The number of nitrogens with zero attached hydrogens (tertiary/aromatic N) is 2. The van der Waals surface area contributed by atoms with Crippen molar-refractivity contribution in [1.82, 2.24) is 9.38 Å². The molecule has 6 heteroatoms. The summed E-state index contributed by atoms with van der Waals surface area (Å²) in [7, 11) is 0. The largest absolute Gasteiger partial charge is 0.476 e. The zero-order chi connectivity index (χ0) is 14.3. The van der Waals surface area contributed by atoms with E-state index >= 15 is 0 Å². The van der Waals surface area contributed by atoms with Crippen molar-refractivity contribution in [2.75, 3.05) is 5.73 Å². The van der Waals surface area contributed by atoms with Gasteiger partial charge < -0.3 is 10.8 Å². The maximum absolute atomic E-state index is 11.5. The summed E-state index contributed by atoms with van der Waals surface area (Å²) in [5, 5.41) is 9.92. The Balaban J connectivity index is 2.31. The van der Waals surface area contributed by atoms with Crippen molar-refractivity contribution in [3.63, 3.8) is 0 Å². The van der Waals surface area contributed by atoms with Crippen molar-refractivity contribution in [3.05, 3.63) is 53.3 Å². The highest BCUT2D eigenvalue weighted by Crippen LogP contribution is 2.26. The van der Waals surface area contributed by atoms with Crippen molar-refractivity contribution < 1.29 is 9.90 Å². The van der Waals surface area contributed by atoms with Crippen LogP contribution in [-0.4, -0.2) is 20.5 Å². The maximum Gasteiger partial charge on any atom is 0.355 e. The Bertz CT molecular complexity index is 809. The normalized spacial score (nSPS) is 10.8. The second-order valence-corrected chi connectivity index (χ2v) is 4.75. The van der Waals surface area contributed by atoms with Crippen LogP contribution in [-0.2, 0) is 0 Å². The number of rotatable bonds is 2.